The molecule has 0 bridgehead atoms. The quantitative estimate of drug-likeness (QED) is 0.411. The molecular weight excluding hydrogens is 492 g/mol. The van der Waals surface area contributed by atoms with Crippen LogP contribution in [0.15, 0.2) is 42.6 Å². The van der Waals surface area contributed by atoms with Crippen LogP contribution in [0, 0.1) is 0 Å². The number of halogens is 1. The monoisotopic (exact) mass is 526 g/mol. The van der Waals surface area contributed by atoms with Gasteiger partial charge in [0.15, 0.2) is 5.82 Å². The van der Waals surface area contributed by atoms with Gasteiger partial charge in [0.05, 0.1) is 5.69 Å². The summed E-state index contributed by atoms with van der Waals surface area (Å²) in [7, 11) is 7.77. The molecule has 9 nitrogen and oxygen atoms in total. The van der Waals surface area contributed by atoms with Crippen LogP contribution in [-0.4, -0.2) is 86.8 Å². The average Bonchev–Trinajstić information content (AvgIpc) is 2.91. The van der Waals surface area contributed by atoms with E-state index >= 15 is 0 Å². The molecule has 0 aliphatic carbocycles. The van der Waals surface area contributed by atoms with Gasteiger partial charge in [-0.1, -0.05) is 11.6 Å². The molecular formula is C27H35ClN6O3. The van der Waals surface area contributed by atoms with Gasteiger partial charge in [0.2, 0.25) is 0 Å². The van der Waals surface area contributed by atoms with Crippen molar-refractivity contribution in [2.75, 3.05) is 64.4 Å². The Bertz CT molecular complexity index is 1190. The van der Waals surface area contributed by atoms with Gasteiger partial charge >= 0.3 is 0 Å². The van der Waals surface area contributed by atoms with Crippen molar-refractivity contribution in [2.45, 2.75) is 25.0 Å². The number of hydrogen-bond donors (Lipinski definition) is 2. The van der Waals surface area contributed by atoms with Crippen LogP contribution in [0.3, 0.4) is 0 Å². The van der Waals surface area contributed by atoms with E-state index in [0.717, 1.165) is 54.5 Å². The number of nitrogens with one attached hydrogen (secondary N) is 1. The van der Waals surface area contributed by atoms with Crippen molar-refractivity contribution in [3.8, 4) is 28.4 Å². The average molecular weight is 527 g/mol. The number of hydrogen-bond acceptors (Lipinski definition) is 9. The normalized spacial score (nSPS) is 14.9. The Morgan fingerprint density at radius 2 is 1.86 bits per heavy atom. The molecule has 0 saturated carbocycles. The molecule has 1 saturated heterocycles. The number of ether oxygens (including phenoxy) is 2. The summed E-state index contributed by atoms with van der Waals surface area (Å²) in [5.74, 6) is 2.75. The van der Waals surface area contributed by atoms with Crippen molar-refractivity contribution < 1.29 is 14.6 Å². The predicted molar refractivity (Wildman–Crippen MR) is 148 cm³/mol. The zero-order chi connectivity index (χ0) is 26.4. The van der Waals surface area contributed by atoms with E-state index in [4.69, 9.17) is 31.0 Å². The second-order valence-electron chi connectivity index (χ2n) is 9.38. The van der Waals surface area contributed by atoms with E-state index < -0.39 is 6.10 Å². The van der Waals surface area contributed by atoms with Gasteiger partial charge in [-0.05, 0) is 50.2 Å². The molecule has 4 rings (SSSR count). The van der Waals surface area contributed by atoms with E-state index in [0.29, 0.717) is 29.2 Å². The molecule has 10 heteroatoms. The van der Waals surface area contributed by atoms with Gasteiger partial charge in [0, 0.05) is 75.4 Å². The molecule has 0 radical (unpaired) electrons. The summed E-state index contributed by atoms with van der Waals surface area (Å²) in [4.78, 5) is 18.5. The fourth-order valence-corrected chi connectivity index (χ4v) is 4.46. The standard InChI is InChI=1S/C27H35ClN6O3/c1-29-16-22(35)17-37-23-12-19(11-20(28)14-23)27-31-24(18-5-8-30-25(13-18)33(2)3)15-26(32-27)34(4)21-6-9-36-10-7-21/h5,8,11-15,21-22,29,35H,6-7,9-10,16-17H2,1-4H3. The maximum absolute atomic E-state index is 10.0. The molecule has 198 valence electrons. The molecule has 1 aromatic carbocycles. The highest BCUT2D eigenvalue weighted by atomic mass is 35.5. The van der Waals surface area contributed by atoms with Gasteiger partial charge in [-0.15, -0.1) is 0 Å². The van der Waals surface area contributed by atoms with Crippen LogP contribution < -0.4 is 19.9 Å². The minimum Gasteiger partial charge on any atom is -0.491 e. The minimum atomic E-state index is -0.635. The maximum Gasteiger partial charge on any atom is 0.162 e. The minimum absolute atomic E-state index is 0.142. The molecule has 1 fully saturated rings. The van der Waals surface area contributed by atoms with Crippen molar-refractivity contribution in [1.29, 1.82) is 0 Å². The summed E-state index contributed by atoms with van der Waals surface area (Å²) in [5.41, 5.74) is 2.46. The first kappa shape index (κ1) is 27.1. The lowest BCUT2D eigenvalue weighted by molar-refractivity contribution is 0.0853. The van der Waals surface area contributed by atoms with E-state index in [-0.39, 0.29) is 6.61 Å². The Morgan fingerprint density at radius 3 is 2.59 bits per heavy atom. The largest absolute Gasteiger partial charge is 0.491 e. The van der Waals surface area contributed by atoms with Gasteiger partial charge in [-0.25, -0.2) is 15.0 Å². The lowest BCUT2D eigenvalue weighted by Gasteiger charge is -2.32. The Balaban J connectivity index is 1.74. The van der Waals surface area contributed by atoms with Crippen LogP contribution in [0.25, 0.3) is 22.6 Å². The molecule has 1 unspecified atom stereocenters. The molecule has 2 N–H and O–H groups in total. The highest BCUT2D eigenvalue weighted by Crippen LogP contribution is 2.32. The van der Waals surface area contributed by atoms with E-state index in [1.165, 1.54) is 0 Å². The summed E-state index contributed by atoms with van der Waals surface area (Å²) >= 11 is 6.46. The summed E-state index contributed by atoms with van der Waals surface area (Å²) in [6.45, 7) is 2.06. The first-order valence-corrected chi connectivity index (χ1v) is 12.8. The summed E-state index contributed by atoms with van der Waals surface area (Å²) in [5, 5.41) is 13.5. The number of aliphatic hydroxyl groups excluding tert-OH is 1. The van der Waals surface area contributed by atoms with Crippen molar-refractivity contribution >= 4 is 23.2 Å². The van der Waals surface area contributed by atoms with E-state index in [1.807, 2.05) is 49.3 Å². The summed E-state index contributed by atoms with van der Waals surface area (Å²) in [6.07, 6.45) is 3.03. The number of benzene rings is 1. The molecule has 1 atom stereocenters. The van der Waals surface area contributed by atoms with E-state index in [1.54, 1.807) is 19.3 Å². The Hall–Kier alpha value is -2.98. The van der Waals surface area contributed by atoms with Crippen molar-refractivity contribution in [2.24, 2.45) is 0 Å². The fraction of sp³-hybridized carbons (Fsp3) is 0.444. The SMILES string of the molecule is CNCC(O)COc1cc(Cl)cc(-c2nc(-c3ccnc(N(C)C)c3)cc(N(C)C3CCOCC3)n2)c1. The first-order chi connectivity index (χ1) is 17.8. The van der Waals surface area contributed by atoms with Crippen LogP contribution in [0.4, 0.5) is 11.6 Å². The Morgan fingerprint density at radius 1 is 1.08 bits per heavy atom. The Labute approximate surface area is 223 Å². The number of pyridine rings is 1. The van der Waals surface area contributed by atoms with E-state index in [9.17, 15) is 5.11 Å². The zero-order valence-corrected chi connectivity index (χ0v) is 22.6. The predicted octanol–water partition coefficient (Wildman–Crippen LogP) is 3.50. The molecule has 0 amide bonds. The molecule has 0 spiro atoms. The van der Waals surface area contributed by atoms with Gasteiger partial charge in [0.25, 0.3) is 0 Å². The topological polar surface area (TPSA) is 95.9 Å². The summed E-state index contributed by atoms with van der Waals surface area (Å²) in [6, 6.07) is 11.7. The maximum atomic E-state index is 10.0. The molecule has 3 heterocycles. The number of likely N-dealkylation sites (N-methyl/N-ethyl adjacent to an activating group) is 1. The van der Waals surface area contributed by atoms with Crippen LogP contribution in [0.5, 0.6) is 5.75 Å². The van der Waals surface area contributed by atoms with Crippen LogP contribution in [0.1, 0.15) is 12.8 Å². The number of nitrogens with zero attached hydrogens (tertiary/aromatic N) is 5. The molecule has 2 aromatic heterocycles. The van der Waals surface area contributed by atoms with Crippen molar-refractivity contribution in [3.63, 3.8) is 0 Å². The highest BCUT2D eigenvalue weighted by molar-refractivity contribution is 6.31. The highest BCUT2D eigenvalue weighted by Gasteiger charge is 2.22. The molecule has 3 aromatic rings. The lowest BCUT2D eigenvalue weighted by atomic mass is 10.1. The lowest BCUT2D eigenvalue weighted by Crippen LogP contribution is -2.37. The van der Waals surface area contributed by atoms with Crippen molar-refractivity contribution in [1.82, 2.24) is 20.3 Å². The van der Waals surface area contributed by atoms with Gasteiger partial charge in [-0.3, -0.25) is 0 Å². The second kappa shape index (κ2) is 12.5. The summed E-state index contributed by atoms with van der Waals surface area (Å²) < 4.78 is 11.4. The molecule has 37 heavy (non-hydrogen) atoms. The van der Waals surface area contributed by atoms with Crippen LogP contribution in [0.2, 0.25) is 5.02 Å². The van der Waals surface area contributed by atoms with Gasteiger partial charge in [-0.2, -0.15) is 0 Å². The second-order valence-corrected chi connectivity index (χ2v) is 9.82. The first-order valence-electron chi connectivity index (χ1n) is 12.4. The van der Waals surface area contributed by atoms with Crippen LogP contribution in [-0.2, 0) is 4.74 Å². The van der Waals surface area contributed by atoms with Crippen molar-refractivity contribution in [3.05, 3.63) is 47.6 Å². The molecule has 1 aliphatic heterocycles. The van der Waals surface area contributed by atoms with Crippen LogP contribution >= 0.6 is 11.6 Å². The zero-order valence-electron chi connectivity index (χ0n) is 21.8. The van der Waals surface area contributed by atoms with E-state index in [2.05, 4.69) is 22.2 Å². The third-order valence-corrected chi connectivity index (χ3v) is 6.54. The smallest absolute Gasteiger partial charge is 0.162 e. The number of rotatable bonds is 10. The Kier molecular flexibility index (Phi) is 9.15. The third kappa shape index (κ3) is 7.07. The molecule has 1 aliphatic rings. The third-order valence-electron chi connectivity index (χ3n) is 6.32. The number of aliphatic hydroxyl groups is 1. The van der Waals surface area contributed by atoms with Gasteiger partial charge in [0.1, 0.15) is 30.1 Å². The number of anilines is 2. The fourth-order valence-electron chi connectivity index (χ4n) is 4.24. The van der Waals surface area contributed by atoms with Gasteiger partial charge < -0.3 is 29.7 Å². The number of aromatic nitrogens is 3.